The normalized spacial score (nSPS) is 14.7. The number of carbonyl (C=O) groups excluding carboxylic acids is 1. The molecule has 1 aromatic rings. The molecule has 0 spiro atoms. The van der Waals surface area contributed by atoms with Crippen molar-refractivity contribution in [2.24, 2.45) is 0 Å². The zero-order valence-corrected chi connectivity index (χ0v) is 18.8. The molecule has 1 aliphatic rings. The molecule has 0 atom stereocenters. The summed E-state index contributed by atoms with van der Waals surface area (Å²) in [5.41, 5.74) is 4.95. The molecule has 0 aliphatic heterocycles. The van der Waals surface area contributed by atoms with Crippen LogP contribution in [0.2, 0.25) is 13.1 Å². The van der Waals surface area contributed by atoms with E-state index in [1.54, 1.807) is 0 Å². The predicted molar refractivity (Wildman–Crippen MR) is 106 cm³/mol. The van der Waals surface area contributed by atoms with E-state index in [9.17, 15) is 4.79 Å². The van der Waals surface area contributed by atoms with Crippen LogP contribution in [0.15, 0.2) is 12.1 Å². The Morgan fingerprint density at radius 1 is 1.23 bits per heavy atom. The molecule has 0 unspecified atom stereocenters. The van der Waals surface area contributed by atoms with E-state index in [1.807, 2.05) is 13.1 Å². The predicted octanol–water partition coefficient (Wildman–Crippen LogP) is 3.95. The van der Waals surface area contributed by atoms with Gasteiger partial charge in [0.1, 0.15) is 6.29 Å². The highest BCUT2D eigenvalue weighted by molar-refractivity contribution is 6.26. The third-order valence-electron chi connectivity index (χ3n) is 5.08. The van der Waals surface area contributed by atoms with E-state index in [4.69, 9.17) is 13.6 Å². The molecule has 1 aromatic carbocycles. The highest BCUT2D eigenvalue weighted by Crippen LogP contribution is 2.46. The van der Waals surface area contributed by atoms with Gasteiger partial charge in [-0.25, -0.2) is 0 Å². The van der Waals surface area contributed by atoms with Gasteiger partial charge in [0.25, 0.3) is 0 Å². The quantitative estimate of drug-likeness (QED) is 0.345. The summed E-state index contributed by atoms with van der Waals surface area (Å²) in [6, 6.07) is 4.60. The summed E-state index contributed by atoms with van der Waals surface area (Å²) in [6.45, 7) is 10.6. The molecule has 0 saturated heterocycles. The number of rotatable bonds is 10. The van der Waals surface area contributed by atoms with E-state index in [2.05, 4.69) is 32.9 Å². The SMILES string of the molecule is COC(=O)CCc1cc(C2CC2)c(C(C)(C)C(O[Si]C)O[Si]C)cc1C. The van der Waals surface area contributed by atoms with E-state index >= 15 is 0 Å². The van der Waals surface area contributed by atoms with Crippen LogP contribution in [0.4, 0.5) is 0 Å². The van der Waals surface area contributed by atoms with Crippen molar-refractivity contribution in [1.82, 2.24) is 0 Å². The summed E-state index contributed by atoms with van der Waals surface area (Å²) in [6.07, 6.45) is 3.38. The largest absolute Gasteiger partial charge is 0.469 e. The minimum absolute atomic E-state index is 0.156. The van der Waals surface area contributed by atoms with Crippen molar-refractivity contribution in [1.29, 1.82) is 0 Å². The van der Waals surface area contributed by atoms with Crippen molar-refractivity contribution in [3.05, 3.63) is 34.4 Å². The molecule has 4 radical (unpaired) electrons. The van der Waals surface area contributed by atoms with Crippen LogP contribution in [0.5, 0.6) is 0 Å². The Bertz CT molecular complexity index is 620. The number of esters is 1. The second-order valence-corrected chi connectivity index (χ2v) is 8.70. The third-order valence-corrected chi connectivity index (χ3v) is 5.98. The Hall–Kier alpha value is -0.956. The molecular formula is C20H30O4Si2. The lowest BCUT2D eigenvalue weighted by molar-refractivity contribution is -0.140. The fourth-order valence-corrected chi connectivity index (χ4v) is 4.54. The second-order valence-electron chi connectivity index (χ2n) is 7.41. The van der Waals surface area contributed by atoms with Crippen LogP contribution in [0, 0.1) is 6.92 Å². The maximum Gasteiger partial charge on any atom is 0.305 e. The van der Waals surface area contributed by atoms with Gasteiger partial charge in [-0.3, -0.25) is 4.79 Å². The highest BCUT2D eigenvalue weighted by atomic mass is 28.2. The van der Waals surface area contributed by atoms with Crippen molar-refractivity contribution in [3.8, 4) is 0 Å². The number of methoxy groups -OCH3 is 1. The van der Waals surface area contributed by atoms with Gasteiger partial charge in [-0.2, -0.15) is 0 Å². The first-order chi connectivity index (χ1) is 12.3. The minimum atomic E-state index is -0.244. The number of ether oxygens (including phenoxy) is 1. The van der Waals surface area contributed by atoms with Crippen LogP contribution in [0.25, 0.3) is 0 Å². The molecule has 1 fully saturated rings. The summed E-state index contributed by atoms with van der Waals surface area (Å²) in [4.78, 5) is 11.5. The van der Waals surface area contributed by atoms with E-state index in [1.165, 1.54) is 42.2 Å². The Morgan fingerprint density at radius 2 is 1.85 bits per heavy atom. The smallest absolute Gasteiger partial charge is 0.305 e. The molecule has 0 N–H and O–H groups in total. The number of carbonyl (C=O) groups is 1. The van der Waals surface area contributed by atoms with E-state index in [-0.39, 0.29) is 17.7 Å². The van der Waals surface area contributed by atoms with Gasteiger partial charge in [0.2, 0.25) is 19.5 Å². The third kappa shape index (κ3) is 5.06. The maximum atomic E-state index is 11.5. The van der Waals surface area contributed by atoms with Crippen LogP contribution in [-0.4, -0.2) is 38.9 Å². The lowest BCUT2D eigenvalue weighted by atomic mass is 9.78. The first-order valence-corrected chi connectivity index (χ1v) is 12.0. The summed E-state index contributed by atoms with van der Waals surface area (Å²) in [5.74, 6) is 0.465. The van der Waals surface area contributed by atoms with Gasteiger partial charge in [0.15, 0.2) is 0 Å². The van der Waals surface area contributed by atoms with Crippen molar-refractivity contribution < 1.29 is 18.4 Å². The second kappa shape index (κ2) is 9.30. The van der Waals surface area contributed by atoms with Crippen LogP contribution >= 0.6 is 0 Å². The van der Waals surface area contributed by atoms with Crippen molar-refractivity contribution in [2.75, 3.05) is 7.11 Å². The molecule has 0 amide bonds. The van der Waals surface area contributed by atoms with Crippen LogP contribution in [0.1, 0.15) is 61.3 Å². The van der Waals surface area contributed by atoms with Crippen molar-refractivity contribution in [2.45, 2.75) is 77.2 Å². The Labute approximate surface area is 162 Å². The maximum absolute atomic E-state index is 11.5. The van der Waals surface area contributed by atoms with E-state index < -0.39 is 0 Å². The lowest BCUT2D eigenvalue weighted by Gasteiger charge is -2.36. The Kier molecular flexibility index (Phi) is 7.64. The van der Waals surface area contributed by atoms with Gasteiger partial charge in [-0.1, -0.05) is 26.0 Å². The summed E-state index contributed by atoms with van der Waals surface area (Å²) in [7, 11) is 2.23. The van der Waals surface area contributed by atoms with Crippen LogP contribution in [-0.2, 0) is 30.2 Å². The van der Waals surface area contributed by atoms with Crippen molar-refractivity contribution in [3.63, 3.8) is 0 Å². The lowest BCUT2D eigenvalue weighted by Crippen LogP contribution is -2.40. The molecule has 4 nitrogen and oxygen atoms in total. The molecule has 0 heterocycles. The number of aryl methyl sites for hydroxylation is 2. The molecule has 142 valence electrons. The van der Waals surface area contributed by atoms with E-state index in [0.29, 0.717) is 31.9 Å². The van der Waals surface area contributed by atoms with Gasteiger partial charge < -0.3 is 13.6 Å². The summed E-state index contributed by atoms with van der Waals surface area (Å²) in [5, 5.41) is 0. The van der Waals surface area contributed by atoms with Gasteiger partial charge in [-0.15, -0.1) is 0 Å². The summed E-state index contributed by atoms with van der Waals surface area (Å²) < 4.78 is 16.7. The molecule has 2 rings (SSSR count). The zero-order valence-electron chi connectivity index (χ0n) is 16.8. The average Bonchev–Trinajstić information content (AvgIpc) is 3.44. The monoisotopic (exact) mass is 390 g/mol. The van der Waals surface area contributed by atoms with Crippen molar-refractivity contribution >= 4 is 25.5 Å². The highest BCUT2D eigenvalue weighted by Gasteiger charge is 2.38. The number of hydrogen-bond acceptors (Lipinski definition) is 4. The topological polar surface area (TPSA) is 44.8 Å². The van der Waals surface area contributed by atoms with Gasteiger partial charge in [0.05, 0.1) is 7.11 Å². The van der Waals surface area contributed by atoms with Gasteiger partial charge in [-0.05, 0) is 67.5 Å². The average molecular weight is 391 g/mol. The molecular weight excluding hydrogens is 360 g/mol. The fraction of sp³-hybridized carbons (Fsp3) is 0.650. The Morgan fingerprint density at radius 3 is 2.35 bits per heavy atom. The molecule has 6 heteroatoms. The van der Waals surface area contributed by atoms with Gasteiger partial charge >= 0.3 is 5.97 Å². The Balaban J connectivity index is 2.37. The molecule has 26 heavy (non-hydrogen) atoms. The van der Waals surface area contributed by atoms with Gasteiger partial charge in [0, 0.05) is 11.8 Å². The van der Waals surface area contributed by atoms with E-state index in [0.717, 1.165) is 6.42 Å². The number of benzene rings is 1. The minimum Gasteiger partial charge on any atom is -0.469 e. The standard InChI is InChI=1S/C20H30O4Si2/c1-13-11-17(20(2,3)19(23-25-5)24-26-6)16(14-7-8-14)12-15(13)9-10-18(21)22-4/h11-12,14,19H,7-10H2,1-6H3. The van der Waals surface area contributed by atoms with Crippen LogP contribution < -0.4 is 0 Å². The molecule has 0 aromatic heterocycles. The van der Waals surface area contributed by atoms with Crippen LogP contribution in [0.3, 0.4) is 0 Å². The molecule has 1 aliphatic carbocycles. The fourth-order valence-electron chi connectivity index (χ4n) is 3.33. The molecule has 0 bridgehead atoms. The molecule has 1 saturated carbocycles. The number of hydrogen-bond donors (Lipinski definition) is 0. The first-order valence-electron chi connectivity index (χ1n) is 9.20. The summed E-state index contributed by atoms with van der Waals surface area (Å²) >= 11 is 0. The zero-order chi connectivity index (χ0) is 19.3. The first kappa shape index (κ1) is 21.3.